The third-order valence-electron chi connectivity index (χ3n) is 3.41. The Morgan fingerprint density at radius 3 is 2.61 bits per heavy atom. The van der Waals surface area contributed by atoms with Crippen molar-refractivity contribution in [1.29, 1.82) is 0 Å². The van der Waals surface area contributed by atoms with E-state index in [1.54, 1.807) is 14.2 Å². The largest absolute Gasteiger partial charge is 0.493 e. The van der Waals surface area contributed by atoms with Gasteiger partial charge in [0.1, 0.15) is 12.2 Å². The molecule has 1 fully saturated rings. The van der Waals surface area contributed by atoms with Crippen molar-refractivity contribution in [2.75, 3.05) is 14.2 Å². The molecule has 0 saturated heterocycles. The van der Waals surface area contributed by atoms with Crippen LogP contribution in [0.15, 0.2) is 18.2 Å². The lowest BCUT2D eigenvalue weighted by atomic mass is 9.88. The van der Waals surface area contributed by atoms with Crippen LogP contribution in [0.4, 0.5) is 0 Å². The molecule has 1 saturated carbocycles. The van der Waals surface area contributed by atoms with E-state index in [-0.39, 0.29) is 12.2 Å². The van der Waals surface area contributed by atoms with Gasteiger partial charge in [0.25, 0.3) is 0 Å². The molecule has 1 aromatic rings. The Morgan fingerprint density at radius 1 is 1.28 bits per heavy atom. The zero-order valence-corrected chi connectivity index (χ0v) is 11.1. The van der Waals surface area contributed by atoms with Gasteiger partial charge in [-0.2, -0.15) is 0 Å². The lowest BCUT2D eigenvalue weighted by molar-refractivity contribution is -0.149. The van der Waals surface area contributed by atoms with Gasteiger partial charge in [-0.15, -0.1) is 0 Å². The van der Waals surface area contributed by atoms with Crippen molar-refractivity contribution in [3.05, 3.63) is 23.8 Å². The predicted molar refractivity (Wildman–Crippen MR) is 68.2 cm³/mol. The minimum Gasteiger partial charge on any atom is -0.493 e. The van der Waals surface area contributed by atoms with Crippen molar-refractivity contribution in [2.45, 2.75) is 38.1 Å². The Bertz CT molecular complexity index is 405. The maximum Gasteiger partial charge on any atom is 0.161 e. The molecule has 0 bridgehead atoms. The van der Waals surface area contributed by atoms with Crippen LogP contribution in [0.5, 0.6) is 11.5 Å². The molecule has 3 atom stereocenters. The molecule has 0 heterocycles. The van der Waals surface area contributed by atoms with E-state index in [9.17, 15) is 5.11 Å². The fourth-order valence-corrected chi connectivity index (χ4v) is 2.17. The SMILES string of the molecule is CCc1ccc(OC2CC(O)C2OC)c(OC)c1. The maximum absolute atomic E-state index is 9.53. The Hall–Kier alpha value is -1.26. The second-order valence-electron chi connectivity index (χ2n) is 4.50. The molecule has 0 aromatic heterocycles. The number of aliphatic hydroxyl groups is 1. The first-order chi connectivity index (χ1) is 8.69. The van der Waals surface area contributed by atoms with Crippen molar-refractivity contribution in [3.63, 3.8) is 0 Å². The molecular formula is C14H20O4. The van der Waals surface area contributed by atoms with Crippen LogP contribution in [-0.2, 0) is 11.2 Å². The summed E-state index contributed by atoms with van der Waals surface area (Å²) in [6.07, 6.45) is 0.768. The van der Waals surface area contributed by atoms with Crippen molar-refractivity contribution < 1.29 is 19.3 Å². The monoisotopic (exact) mass is 252 g/mol. The summed E-state index contributed by atoms with van der Waals surface area (Å²) in [4.78, 5) is 0. The van der Waals surface area contributed by atoms with E-state index in [0.29, 0.717) is 12.2 Å². The molecule has 1 aromatic carbocycles. The molecule has 18 heavy (non-hydrogen) atoms. The number of benzene rings is 1. The summed E-state index contributed by atoms with van der Waals surface area (Å²) in [5, 5.41) is 9.53. The van der Waals surface area contributed by atoms with Gasteiger partial charge < -0.3 is 19.3 Å². The van der Waals surface area contributed by atoms with Gasteiger partial charge in [0.2, 0.25) is 0 Å². The molecule has 0 spiro atoms. The quantitative estimate of drug-likeness (QED) is 0.868. The molecule has 0 amide bonds. The summed E-state index contributed by atoms with van der Waals surface area (Å²) in [6, 6.07) is 5.91. The average molecular weight is 252 g/mol. The zero-order valence-electron chi connectivity index (χ0n) is 11.1. The molecule has 1 N–H and O–H groups in total. The van der Waals surface area contributed by atoms with Gasteiger partial charge in [-0.05, 0) is 24.1 Å². The van der Waals surface area contributed by atoms with Gasteiger partial charge in [0, 0.05) is 13.5 Å². The van der Waals surface area contributed by atoms with Crippen LogP contribution in [-0.4, -0.2) is 37.6 Å². The highest BCUT2D eigenvalue weighted by Crippen LogP contribution is 2.34. The standard InChI is InChI=1S/C14H20O4/c1-4-9-5-6-11(12(7-9)16-2)18-13-8-10(15)14(13)17-3/h5-7,10,13-15H,4,8H2,1-3H3. The summed E-state index contributed by atoms with van der Waals surface area (Å²) in [5.41, 5.74) is 1.20. The van der Waals surface area contributed by atoms with Crippen molar-refractivity contribution in [3.8, 4) is 11.5 Å². The lowest BCUT2D eigenvalue weighted by Crippen LogP contribution is -2.54. The summed E-state index contributed by atoms with van der Waals surface area (Å²) in [5.74, 6) is 1.43. The Morgan fingerprint density at radius 2 is 2.06 bits per heavy atom. The van der Waals surface area contributed by atoms with Crippen LogP contribution in [0.25, 0.3) is 0 Å². The third kappa shape index (κ3) is 2.44. The zero-order chi connectivity index (χ0) is 13.1. The van der Waals surface area contributed by atoms with Gasteiger partial charge in [-0.25, -0.2) is 0 Å². The number of hydrogen-bond donors (Lipinski definition) is 1. The molecule has 1 aliphatic carbocycles. The molecular weight excluding hydrogens is 232 g/mol. The molecule has 2 rings (SSSR count). The molecule has 3 unspecified atom stereocenters. The van der Waals surface area contributed by atoms with Crippen molar-refractivity contribution in [1.82, 2.24) is 0 Å². The topological polar surface area (TPSA) is 47.9 Å². The number of hydrogen-bond acceptors (Lipinski definition) is 4. The van der Waals surface area contributed by atoms with E-state index in [1.165, 1.54) is 5.56 Å². The summed E-state index contributed by atoms with van der Waals surface area (Å²) in [6.45, 7) is 2.10. The van der Waals surface area contributed by atoms with E-state index in [1.807, 2.05) is 18.2 Å². The molecule has 0 aliphatic heterocycles. The van der Waals surface area contributed by atoms with Crippen LogP contribution in [0.2, 0.25) is 0 Å². The smallest absolute Gasteiger partial charge is 0.161 e. The highest BCUT2D eigenvalue weighted by atomic mass is 16.6. The normalized spacial score (nSPS) is 26.6. The second kappa shape index (κ2) is 5.59. The Labute approximate surface area is 107 Å². The Kier molecular flexibility index (Phi) is 4.09. The van der Waals surface area contributed by atoms with Crippen molar-refractivity contribution >= 4 is 0 Å². The first-order valence-electron chi connectivity index (χ1n) is 6.24. The van der Waals surface area contributed by atoms with Gasteiger partial charge in [-0.1, -0.05) is 13.0 Å². The van der Waals surface area contributed by atoms with Crippen LogP contribution in [0, 0.1) is 0 Å². The van der Waals surface area contributed by atoms with Gasteiger partial charge >= 0.3 is 0 Å². The van der Waals surface area contributed by atoms with E-state index in [4.69, 9.17) is 14.2 Å². The number of rotatable bonds is 5. The van der Waals surface area contributed by atoms with Crippen LogP contribution in [0.1, 0.15) is 18.9 Å². The number of methoxy groups -OCH3 is 2. The molecule has 4 nitrogen and oxygen atoms in total. The van der Waals surface area contributed by atoms with E-state index in [0.717, 1.165) is 12.2 Å². The summed E-state index contributed by atoms with van der Waals surface area (Å²) >= 11 is 0. The first kappa shape index (κ1) is 13.2. The number of aryl methyl sites for hydroxylation is 1. The minimum absolute atomic E-state index is 0.105. The van der Waals surface area contributed by atoms with Crippen LogP contribution in [0.3, 0.4) is 0 Å². The predicted octanol–water partition coefficient (Wildman–Crippen LogP) is 1.78. The van der Waals surface area contributed by atoms with Gasteiger partial charge in [0.15, 0.2) is 11.5 Å². The maximum atomic E-state index is 9.53. The summed E-state index contributed by atoms with van der Waals surface area (Å²) < 4.78 is 16.3. The average Bonchev–Trinajstić information content (AvgIpc) is 2.38. The minimum atomic E-state index is -0.430. The third-order valence-corrected chi connectivity index (χ3v) is 3.41. The molecule has 1 aliphatic rings. The molecule has 0 radical (unpaired) electrons. The number of aliphatic hydroxyl groups excluding tert-OH is 1. The molecule has 100 valence electrons. The molecule has 4 heteroatoms. The lowest BCUT2D eigenvalue weighted by Gasteiger charge is -2.40. The second-order valence-corrected chi connectivity index (χ2v) is 4.50. The van der Waals surface area contributed by atoms with Crippen LogP contribution < -0.4 is 9.47 Å². The number of ether oxygens (including phenoxy) is 3. The van der Waals surface area contributed by atoms with Gasteiger partial charge in [0.05, 0.1) is 13.2 Å². The highest BCUT2D eigenvalue weighted by molar-refractivity contribution is 5.43. The fourth-order valence-electron chi connectivity index (χ4n) is 2.17. The van der Waals surface area contributed by atoms with Crippen molar-refractivity contribution in [2.24, 2.45) is 0 Å². The van der Waals surface area contributed by atoms with E-state index < -0.39 is 6.10 Å². The first-order valence-corrected chi connectivity index (χ1v) is 6.24. The summed E-state index contributed by atoms with van der Waals surface area (Å²) in [7, 11) is 3.21. The van der Waals surface area contributed by atoms with Gasteiger partial charge in [-0.3, -0.25) is 0 Å². The fraction of sp³-hybridized carbons (Fsp3) is 0.571. The van der Waals surface area contributed by atoms with E-state index in [2.05, 4.69) is 6.92 Å². The van der Waals surface area contributed by atoms with E-state index >= 15 is 0 Å². The van der Waals surface area contributed by atoms with Crippen LogP contribution >= 0.6 is 0 Å². The highest BCUT2D eigenvalue weighted by Gasteiger charge is 2.42. The Balaban J connectivity index is 2.09.